The third-order valence-electron chi connectivity index (χ3n) is 14.3. The molecule has 12 aromatic rings. The molecule has 0 atom stereocenters. The Morgan fingerprint density at radius 1 is 0.238 bits per heavy atom. The van der Waals surface area contributed by atoms with E-state index in [4.69, 9.17) is 0 Å². The molecule has 1 aliphatic rings. The van der Waals surface area contributed by atoms with Gasteiger partial charge in [-0.15, -0.1) is 0 Å². The maximum atomic E-state index is 2.50. The van der Waals surface area contributed by atoms with E-state index < -0.39 is 0 Å². The second-order valence-electron chi connectivity index (χ2n) is 17.9. The van der Waals surface area contributed by atoms with Crippen LogP contribution in [0.25, 0.3) is 120 Å². The molecule has 0 radical (unpaired) electrons. The Hall–Kier alpha value is -7.80. The highest BCUT2D eigenvalue weighted by molar-refractivity contribution is 6.27. The standard InChI is InChI=1S/C63H42/c1-63(2)59-25-12-11-19-50(59)58-37-56-48-18-6-5-17-47(48)55-36-44(34-35-49(55)57(56)38-60(58)63)39-26-30-42(31-27-39)61-51-20-7-9-22-53(51)62(54-23-10-8-21-52(54)61)43-32-28-41(29-33-43)46-24-13-15-40-14-3-4-16-45(40)46/h3-38H,1-2H3. The molecule has 294 valence electrons. The van der Waals surface area contributed by atoms with Crippen LogP contribution in [-0.2, 0) is 5.41 Å². The lowest BCUT2D eigenvalue weighted by molar-refractivity contribution is 0.661. The Morgan fingerprint density at radius 3 is 1.30 bits per heavy atom. The first-order valence-electron chi connectivity index (χ1n) is 22.2. The van der Waals surface area contributed by atoms with Gasteiger partial charge in [0, 0.05) is 5.41 Å². The highest BCUT2D eigenvalue weighted by atomic mass is 14.4. The molecule has 0 unspecified atom stereocenters. The van der Waals surface area contributed by atoms with Crippen LogP contribution in [0.2, 0.25) is 0 Å². The fraction of sp³-hybridized carbons (Fsp3) is 0.0476. The van der Waals surface area contributed by atoms with Gasteiger partial charge in [-0.25, -0.2) is 0 Å². The summed E-state index contributed by atoms with van der Waals surface area (Å²) < 4.78 is 0. The predicted molar refractivity (Wildman–Crippen MR) is 271 cm³/mol. The van der Waals surface area contributed by atoms with Gasteiger partial charge in [0.05, 0.1) is 0 Å². The highest BCUT2D eigenvalue weighted by Gasteiger charge is 2.35. The zero-order chi connectivity index (χ0) is 41.8. The first-order chi connectivity index (χ1) is 31.0. The average molecular weight is 799 g/mol. The minimum Gasteiger partial charge on any atom is -0.0619 e. The van der Waals surface area contributed by atoms with Gasteiger partial charge in [0.25, 0.3) is 0 Å². The van der Waals surface area contributed by atoms with Crippen molar-refractivity contribution in [1.82, 2.24) is 0 Å². The van der Waals surface area contributed by atoms with Crippen LogP contribution < -0.4 is 0 Å². The van der Waals surface area contributed by atoms with Crippen molar-refractivity contribution in [2.45, 2.75) is 19.3 Å². The smallest absolute Gasteiger partial charge is 0.0159 e. The Bertz CT molecular complexity index is 3780. The second kappa shape index (κ2) is 13.6. The summed E-state index contributed by atoms with van der Waals surface area (Å²) >= 11 is 0. The van der Waals surface area contributed by atoms with Gasteiger partial charge >= 0.3 is 0 Å². The van der Waals surface area contributed by atoms with Crippen LogP contribution in [0.15, 0.2) is 218 Å². The van der Waals surface area contributed by atoms with E-state index in [0.717, 1.165) is 0 Å². The van der Waals surface area contributed by atoms with Crippen LogP contribution in [0.1, 0.15) is 25.0 Å². The normalized spacial score (nSPS) is 13.0. The zero-order valence-corrected chi connectivity index (χ0v) is 35.3. The highest BCUT2D eigenvalue weighted by Crippen LogP contribution is 2.52. The van der Waals surface area contributed by atoms with Crippen LogP contribution in [0.4, 0.5) is 0 Å². The molecule has 0 N–H and O–H groups in total. The SMILES string of the molecule is CC1(C)c2ccccc2-c2cc3c4ccccc4c4cc(-c5ccc(-c6c7ccccc7c(-c7ccc(-c8cccc9ccccc89)cc7)c7ccccc67)cc5)ccc4c3cc21. The first-order valence-corrected chi connectivity index (χ1v) is 22.2. The first kappa shape index (κ1) is 35.9. The average Bonchev–Trinajstić information content (AvgIpc) is 3.57. The van der Waals surface area contributed by atoms with Crippen molar-refractivity contribution in [2.24, 2.45) is 0 Å². The molecule has 12 aromatic carbocycles. The summed E-state index contributed by atoms with van der Waals surface area (Å²) in [4.78, 5) is 0. The summed E-state index contributed by atoms with van der Waals surface area (Å²) in [6, 6.07) is 81.6. The Balaban J connectivity index is 0.922. The quantitative estimate of drug-likeness (QED) is 0.123. The van der Waals surface area contributed by atoms with E-state index in [1.807, 2.05) is 0 Å². The molecular formula is C63H42. The molecule has 0 spiro atoms. The summed E-state index contributed by atoms with van der Waals surface area (Å²) in [5, 5.41) is 15.4. The fourth-order valence-electron chi connectivity index (χ4n) is 11.2. The minimum absolute atomic E-state index is 0.0546. The van der Waals surface area contributed by atoms with Crippen molar-refractivity contribution < 1.29 is 0 Å². The Labute approximate surface area is 367 Å². The molecule has 0 heterocycles. The lowest BCUT2D eigenvalue weighted by Crippen LogP contribution is -2.14. The molecule has 0 amide bonds. The molecule has 63 heavy (non-hydrogen) atoms. The molecule has 0 fully saturated rings. The van der Waals surface area contributed by atoms with Gasteiger partial charge in [0.15, 0.2) is 0 Å². The molecular weight excluding hydrogens is 757 g/mol. The fourth-order valence-corrected chi connectivity index (χ4v) is 11.2. The van der Waals surface area contributed by atoms with E-state index in [9.17, 15) is 0 Å². The monoisotopic (exact) mass is 798 g/mol. The van der Waals surface area contributed by atoms with E-state index >= 15 is 0 Å². The molecule has 0 nitrogen and oxygen atoms in total. The van der Waals surface area contributed by atoms with Crippen LogP contribution in [0.3, 0.4) is 0 Å². The number of benzene rings is 12. The van der Waals surface area contributed by atoms with E-state index in [0.29, 0.717) is 0 Å². The number of hydrogen-bond donors (Lipinski definition) is 0. The van der Waals surface area contributed by atoms with Gasteiger partial charge < -0.3 is 0 Å². The number of rotatable bonds is 4. The zero-order valence-electron chi connectivity index (χ0n) is 35.3. The molecule has 0 aliphatic heterocycles. The summed E-state index contributed by atoms with van der Waals surface area (Å²) in [6.45, 7) is 4.75. The van der Waals surface area contributed by atoms with Gasteiger partial charge in [-0.3, -0.25) is 0 Å². The number of hydrogen-bond acceptors (Lipinski definition) is 0. The summed E-state index contributed by atoms with van der Waals surface area (Å²) in [5.41, 5.74) is 15.4. The van der Waals surface area contributed by atoms with E-state index in [1.54, 1.807) is 0 Å². The van der Waals surface area contributed by atoms with Crippen molar-refractivity contribution in [1.29, 1.82) is 0 Å². The number of fused-ring (bicyclic) bond motifs is 12. The molecule has 1 aliphatic carbocycles. The van der Waals surface area contributed by atoms with Crippen LogP contribution in [-0.4, -0.2) is 0 Å². The van der Waals surface area contributed by atoms with Gasteiger partial charge in [0.2, 0.25) is 0 Å². The van der Waals surface area contributed by atoms with Crippen LogP contribution in [0, 0.1) is 0 Å². The third kappa shape index (κ3) is 5.35. The van der Waals surface area contributed by atoms with Crippen LogP contribution >= 0.6 is 0 Å². The molecule has 13 rings (SSSR count). The van der Waals surface area contributed by atoms with Crippen molar-refractivity contribution in [3.05, 3.63) is 230 Å². The Kier molecular flexibility index (Phi) is 7.75. The van der Waals surface area contributed by atoms with Gasteiger partial charge in [-0.1, -0.05) is 214 Å². The van der Waals surface area contributed by atoms with Crippen LogP contribution in [0.5, 0.6) is 0 Å². The van der Waals surface area contributed by atoms with Gasteiger partial charge in [0.1, 0.15) is 0 Å². The van der Waals surface area contributed by atoms with Crippen molar-refractivity contribution in [2.75, 3.05) is 0 Å². The molecule has 0 bridgehead atoms. The molecule has 0 heteroatoms. The van der Waals surface area contributed by atoms with Gasteiger partial charge in [-0.2, -0.15) is 0 Å². The molecule has 0 aromatic heterocycles. The van der Waals surface area contributed by atoms with E-state index in [-0.39, 0.29) is 5.41 Å². The summed E-state index contributed by atoms with van der Waals surface area (Å²) in [6.07, 6.45) is 0. The van der Waals surface area contributed by atoms with Crippen molar-refractivity contribution >= 4 is 64.6 Å². The lowest BCUT2D eigenvalue weighted by Gasteiger charge is -2.22. The lowest BCUT2D eigenvalue weighted by atomic mass is 9.81. The van der Waals surface area contributed by atoms with Crippen molar-refractivity contribution in [3.8, 4) is 55.6 Å². The second-order valence-corrected chi connectivity index (χ2v) is 17.9. The molecule has 0 saturated carbocycles. The topological polar surface area (TPSA) is 0 Å². The van der Waals surface area contributed by atoms with E-state index in [2.05, 4.69) is 232 Å². The third-order valence-corrected chi connectivity index (χ3v) is 14.3. The largest absolute Gasteiger partial charge is 0.0619 e. The maximum Gasteiger partial charge on any atom is 0.0159 e. The summed E-state index contributed by atoms with van der Waals surface area (Å²) in [7, 11) is 0. The van der Waals surface area contributed by atoms with Gasteiger partial charge in [-0.05, 0) is 150 Å². The van der Waals surface area contributed by atoms with Crippen molar-refractivity contribution in [3.63, 3.8) is 0 Å². The minimum atomic E-state index is -0.0546. The molecule has 0 saturated heterocycles. The predicted octanol–water partition coefficient (Wildman–Crippen LogP) is 17.6. The maximum absolute atomic E-state index is 2.50. The van der Waals surface area contributed by atoms with E-state index in [1.165, 1.54) is 131 Å². The Morgan fingerprint density at radius 2 is 0.667 bits per heavy atom. The summed E-state index contributed by atoms with van der Waals surface area (Å²) in [5.74, 6) is 0.